The van der Waals surface area contributed by atoms with Crippen LogP contribution in [0.3, 0.4) is 0 Å². The standard InChI is InChI=1S/C12H12BrN3O/c13-11-6-15-12(16-7-11)14-5-9-1-3-10(8-17)4-2-9/h1-4,6-7,17H,5,8H2,(H,14,15,16). The van der Waals surface area contributed by atoms with Crippen molar-refractivity contribution in [2.45, 2.75) is 13.2 Å². The van der Waals surface area contributed by atoms with Gasteiger partial charge in [0, 0.05) is 18.9 Å². The normalized spacial score (nSPS) is 10.2. The minimum atomic E-state index is 0.0729. The molecule has 0 aliphatic carbocycles. The van der Waals surface area contributed by atoms with Crippen LogP contribution in [0, 0.1) is 0 Å². The Morgan fingerprint density at radius 3 is 2.24 bits per heavy atom. The van der Waals surface area contributed by atoms with E-state index in [1.54, 1.807) is 12.4 Å². The van der Waals surface area contributed by atoms with Crippen molar-refractivity contribution in [1.82, 2.24) is 9.97 Å². The van der Waals surface area contributed by atoms with Crippen LogP contribution in [0.25, 0.3) is 0 Å². The molecular formula is C12H12BrN3O. The Morgan fingerprint density at radius 1 is 1.06 bits per heavy atom. The number of hydrogen-bond donors (Lipinski definition) is 2. The van der Waals surface area contributed by atoms with Gasteiger partial charge in [0.2, 0.25) is 5.95 Å². The van der Waals surface area contributed by atoms with Crippen LogP contribution in [0.4, 0.5) is 5.95 Å². The number of hydrogen-bond acceptors (Lipinski definition) is 4. The lowest BCUT2D eigenvalue weighted by Gasteiger charge is -2.05. The number of aliphatic hydroxyl groups excluding tert-OH is 1. The number of aliphatic hydroxyl groups is 1. The highest BCUT2D eigenvalue weighted by atomic mass is 79.9. The summed E-state index contributed by atoms with van der Waals surface area (Å²) in [4.78, 5) is 8.24. The monoisotopic (exact) mass is 293 g/mol. The zero-order chi connectivity index (χ0) is 12.1. The molecule has 88 valence electrons. The van der Waals surface area contributed by atoms with Gasteiger partial charge in [-0.25, -0.2) is 9.97 Å². The molecule has 0 amide bonds. The average Bonchev–Trinajstić information content (AvgIpc) is 2.39. The van der Waals surface area contributed by atoms with Gasteiger partial charge < -0.3 is 10.4 Å². The smallest absolute Gasteiger partial charge is 0.222 e. The van der Waals surface area contributed by atoms with Gasteiger partial charge in [-0.2, -0.15) is 0 Å². The van der Waals surface area contributed by atoms with Crippen LogP contribution in [-0.4, -0.2) is 15.1 Å². The molecule has 0 atom stereocenters. The molecule has 4 nitrogen and oxygen atoms in total. The second-order valence-electron chi connectivity index (χ2n) is 3.55. The first kappa shape index (κ1) is 12.0. The number of halogens is 1. The Morgan fingerprint density at radius 2 is 1.65 bits per heavy atom. The molecule has 0 spiro atoms. The van der Waals surface area contributed by atoms with Crippen LogP contribution in [0.5, 0.6) is 0 Å². The molecule has 5 heteroatoms. The SMILES string of the molecule is OCc1ccc(CNc2ncc(Br)cn2)cc1. The molecule has 0 aliphatic rings. The van der Waals surface area contributed by atoms with Gasteiger partial charge in [-0.05, 0) is 27.1 Å². The topological polar surface area (TPSA) is 58.0 Å². The lowest BCUT2D eigenvalue weighted by molar-refractivity contribution is 0.282. The van der Waals surface area contributed by atoms with E-state index in [9.17, 15) is 0 Å². The third-order valence-electron chi connectivity index (χ3n) is 2.28. The molecule has 1 aromatic carbocycles. The lowest BCUT2D eigenvalue weighted by atomic mass is 10.1. The number of benzene rings is 1. The van der Waals surface area contributed by atoms with Crippen LogP contribution in [0.15, 0.2) is 41.1 Å². The summed E-state index contributed by atoms with van der Waals surface area (Å²) in [6.45, 7) is 0.733. The van der Waals surface area contributed by atoms with E-state index in [1.165, 1.54) is 0 Å². The minimum absolute atomic E-state index is 0.0729. The summed E-state index contributed by atoms with van der Waals surface area (Å²) < 4.78 is 0.857. The highest BCUT2D eigenvalue weighted by Gasteiger charge is 1.97. The summed E-state index contributed by atoms with van der Waals surface area (Å²) in [6.07, 6.45) is 3.40. The van der Waals surface area contributed by atoms with E-state index in [-0.39, 0.29) is 6.61 Å². The van der Waals surface area contributed by atoms with Gasteiger partial charge in [-0.1, -0.05) is 24.3 Å². The van der Waals surface area contributed by atoms with Crippen molar-refractivity contribution in [2.24, 2.45) is 0 Å². The molecule has 0 saturated carbocycles. The molecule has 17 heavy (non-hydrogen) atoms. The maximum Gasteiger partial charge on any atom is 0.222 e. The van der Waals surface area contributed by atoms with E-state index in [4.69, 9.17) is 5.11 Å². The van der Waals surface area contributed by atoms with Crippen molar-refractivity contribution in [3.8, 4) is 0 Å². The molecule has 0 radical (unpaired) electrons. The van der Waals surface area contributed by atoms with Gasteiger partial charge in [0.15, 0.2) is 0 Å². The molecule has 0 saturated heterocycles. The number of nitrogens with zero attached hydrogens (tertiary/aromatic N) is 2. The first-order chi connectivity index (χ1) is 8.28. The molecule has 0 aliphatic heterocycles. The fraction of sp³-hybridized carbons (Fsp3) is 0.167. The summed E-state index contributed by atoms with van der Waals surface area (Å²) in [5.74, 6) is 0.597. The zero-order valence-corrected chi connectivity index (χ0v) is 10.7. The Kier molecular flexibility index (Phi) is 4.06. The van der Waals surface area contributed by atoms with Crippen LogP contribution in [0.2, 0.25) is 0 Å². The molecule has 1 aromatic heterocycles. The van der Waals surface area contributed by atoms with Crippen molar-refractivity contribution in [2.75, 3.05) is 5.32 Å². The molecule has 0 unspecified atom stereocenters. The van der Waals surface area contributed by atoms with E-state index in [0.717, 1.165) is 15.6 Å². The Labute approximate surface area is 108 Å². The van der Waals surface area contributed by atoms with E-state index in [0.29, 0.717) is 12.5 Å². The van der Waals surface area contributed by atoms with Gasteiger partial charge in [0.25, 0.3) is 0 Å². The van der Waals surface area contributed by atoms with Crippen molar-refractivity contribution in [1.29, 1.82) is 0 Å². The highest BCUT2D eigenvalue weighted by Crippen LogP contribution is 2.09. The molecule has 0 fully saturated rings. The Hall–Kier alpha value is -1.46. The summed E-state index contributed by atoms with van der Waals surface area (Å²) in [6, 6.07) is 7.74. The first-order valence-electron chi connectivity index (χ1n) is 5.18. The third kappa shape index (κ3) is 3.51. The van der Waals surface area contributed by atoms with Crippen LogP contribution in [0.1, 0.15) is 11.1 Å². The van der Waals surface area contributed by atoms with Gasteiger partial charge in [-0.15, -0.1) is 0 Å². The molecule has 1 heterocycles. The van der Waals surface area contributed by atoms with E-state index < -0.39 is 0 Å². The van der Waals surface area contributed by atoms with Crippen LogP contribution >= 0.6 is 15.9 Å². The largest absolute Gasteiger partial charge is 0.392 e. The van der Waals surface area contributed by atoms with Crippen molar-refractivity contribution >= 4 is 21.9 Å². The summed E-state index contributed by atoms with van der Waals surface area (Å²) in [7, 11) is 0. The fourth-order valence-corrected chi connectivity index (χ4v) is 1.55. The zero-order valence-electron chi connectivity index (χ0n) is 9.10. The quantitative estimate of drug-likeness (QED) is 0.908. The van der Waals surface area contributed by atoms with Gasteiger partial charge in [0.05, 0.1) is 11.1 Å². The highest BCUT2D eigenvalue weighted by molar-refractivity contribution is 9.10. The number of rotatable bonds is 4. The van der Waals surface area contributed by atoms with Gasteiger partial charge in [0.1, 0.15) is 0 Å². The number of nitrogens with one attached hydrogen (secondary N) is 1. The fourth-order valence-electron chi connectivity index (χ4n) is 1.35. The predicted octanol–water partition coefficient (Wildman–Crippen LogP) is 2.34. The third-order valence-corrected chi connectivity index (χ3v) is 2.69. The number of aromatic nitrogens is 2. The predicted molar refractivity (Wildman–Crippen MR) is 69.4 cm³/mol. The van der Waals surface area contributed by atoms with Crippen molar-refractivity contribution < 1.29 is 5.11 Å². The first-order valence-corrected chi connectivity index (χ1v) is 5.97. The summed E-state index contributed by atoms with van der Waals surface area (Å²) in [5, 5.41) is 12.0. The van der Waals surface area contributed by atoms with E-state index >= 15 is 0 Å². The van der Waals surface area contributed by atoms with Crippen molar-refractivity contribution in [3.63, 3.8) is 0 Å². The molecule has 2 N–H and O–H groups in total. The van der Waals surface area contributed by atoms with Crippen molar-refractivity contribution in [3.05, 3.63) is 52.3 Å². The summed E-state index contributed by atoms with van der Waals surface area (Å²) in [5.41, 5.74) is 2.03. The molecule has 0 bridgehead atoms. The number of anilines is 1. The average molecular weight is 294 g/mol. The Balaban J connectivity index is 1.95. The second-order valence-corrected chi connectivity index (χ2v) is 4.47. The Bertz CT molecular complexity index is 470. The second kappa shape index (κ2) is 5.75. The van der Waals surface area contributed by atoms with Gasteiger partial charge >= 0.3 is 0 Å². The maximum absolute atomic E-state index is 8.92. The van der Waals surface area contributed by atoms with Gasteiger partial charge in [-0.3, -0.25) is 0 Å². The minimum Gasteiger partial charge on any atom is -0.392 e. The lowest BCUT2D eigenvalue weighted by Crippen LogP contribution is -2.03. The molecular weight excluding hydrogens is 282 g/mol. The van der Waals surface area contributed by atoms with E-state index in [1.807, 2.05) is 24.3 Å². The molecule has 2 rings (SSSR count). The van der Waals surface area contributed by atoms with E-state index in [2.05, 4.69) is 31.2 Å². The summed E-state index contributed by atoms with van der Waals surface area (Å²) >= 11 is 3.28. The van der Waals surface area contributed by atoms with Crippen LogP contribution in [-0.2, 0) is 13.2 Å². The van der Waals surface area contributed by atoms with Crippen LogP contribution < -0.4 is 5.32 Å². The maximum atomic E-state index is 8.92. The molecule has 2 aromatic rings.